The predicted octanol–water partition coefficient (Wildman–Crippen LogP) is 4.00. The molecule has 0 unspecified atom stereocenters. The fourth-order valence-corrected chi connectivity index (χ4v) is 2.23. The Morgan fingerprint density at radius 1 is 1.00 bits per heavy atom. The molecule has 1 nitrogen and oxygen atoms in total. The normalized spacial score (nSPS) is 10.4. The first kappa shape index (κ1) is 10.4. The van der Waals surface area contributed by atoms with E-state index in [1.54, 1.807) is 18.0 Å². The number of aryl methyl sites for hydroxylation is 1. The van der Waals surface area contributed by atoms with Crippen molar-refractivity contribution < 1.29 is 4.42 Å². The van der Waals surface area contributed by atoms with Crippen molar-refractivity contribution in [2.45, 2.75) is 17.9 Å². The number of hydrogen-bond donors (Lipinski definition) is 0. The van der Waals surface area contributed by atoms with E-state index in [1.807, 2.05) is 12.1 Å². The monoisotopic (exact) mass is 218 g/mol. The average molecular weight is 218 g/mol. The second-order valence-electron chi connectivity index (χ2n) is 3.37. The van der Waals surface area contributed by atoms with Crippen molar-refractivity contribution in [1.82, 2.24) is 0 Å². The largest absolute Gasteiger partial charge is 0.458 e. The average Bonchev–Trinajstić information content (AvgIpc) is 2.79. The van der Waals surface area contributed by atoms with Gasteiger partial charge >= 0.3 is 0 Å². The molecular formula is C13H14OS. The zero-order valence-corrected chi connectivity index (χ0v) is 9.37. The molecule has 0 amide bonds. The summed E-state index contributed by atoms with van der Waals surface area (Å²) >= 11 is 1.78. The Morgan fingerprint density at radius 3 is 2.60 bits per heavy atom. The van der Waals surface area contributed by atoms with E-state index in [0.717, 1.165) is 17.3 Å². The highest BCUT2D eigenvalue weighted by molar-refractivity contribution is 7.99. The van der Waals surface area contributed by atoms with E-state index in [1.165, 1.54) is 12.0 Å². The number of thioether (sulfide) groups is 1. The van der Waals surface area contributed by atoms with Gasteiger partial charge in [-0.25, -0.2) is 0 Å². The van der Waals surface area contributed by atoms with Crippen LogP contribution in [0.3, 0.4) is 0 Å². The van der Waals surface area contributed by atoms with Gasteiger partial charge in [-0.1, -0.05) is 42.1 Å². The maximum Gasteiger partial charge on any atom is 0.160 e. The molecule has 0 saturated heterocycles. The third-order valence-electron chi connectivity index (χ3n) is 2.19. The molecule has 0 spiro atoms. The van der Waals surface area contributed by atoms with Crippen LogP contribution in [-0.2, 0) is 6.42 Å². The van der Waals surface area contributed by atoms with Gasteiger partial charge in [-0.2, -0.15) is 0 Å². The van der Waals surface area contributed by atoms with Gasteiger partial charge in [-0.3, -0.25) is 0 Å². The zero-order valence-electron chi connectivity index (χ0n) is 8.56. The minimum atomic E-state index is 1.02. The van der Waals surface area contributed by atoms with E-state index >= 15 is 0 Å². The van der Waals surface area contributed by atoms with Crippen LogP contribution in [0.1, 0.15) is 12.0 Å². The van der Waals surface area contributed by atoms with E-state index in [4.69, 9.17) is 4.42 Å². The highest BCUT2D eigenvalue weighted by Gasteiger charge is 1.96. The van der Waals surface area contributed by atoms with Crippen molar-refractivity contribution in [3.63, 3.8) is 0 Å². The molecule has 2 rings (SSSR count). The van der Waals surface area contributed by atoms with Gasteiger partial charge in [0.2, 0.25) is 0 Å². The Morgan fingerprint density at radius 2 is 1.87 bits per heavy atom. The second kappa shape index (κ2) is 5.66. The van der Waals surface area contributed by atoms with Gasteiger partial charge in [0.15, 0.2) is 5.09 Å². The summed E-state index contributed by atoms with van der Waals surface area (Å²) in [5, 5.41) is 1.02. The van der Waals surface area contributed by atoms with Crippen molar-refractivity contribution in [1.29, 1.82) is 0 Å². The maximum absolute atomic E-state index is 5.25. The van der Waals surface area contributed by atoms with Gasteiger partial charge in [0.05, 0.1) is 6.26 Å². The minimum Gasteiger partial charge on any atom is -0.458 e. The van der Waals surface area contributed by atoms with Crippen LogP contribution in [0.15, 0.2) is 58.2 Å². The lowest BCUT2D eigenvalue weighted by molar-refractivity contribution is 0.474. The van der Waals surface area contributed by atoms with Crippen LogP contribution in [0, 0.1) is 0 Å². The molecule has 0 bridgehead atoms. The lowest BCUT2D eigenvalue weighted by Crippen LogP contribution is -1.86. The van der Waals surface area contributed by atoms with Gasteiger partial charge in [0.1, 0.15) is 0 Å². The molecule has 78 valence electrons. The molecule has 1 aromatic heterocycles. The first-order chi connectivity index (χ1) is 7.45. The number of furan rings is 1. The van der Waals surface area contributed by atoms with Gasteiger partial charge in [-0.15, -0.1) is 0 Å². The molecule has 2 aromatic rings. The lowest BCUT2D eigenvalue weighted by Gasteiger charge is -1.99. The highest BCUT2D eigenvalue weighted by atomic mass is 32.2. The summed E-state index contributed by atoms with van der Waals surface area (Å²) in [6, 6.07) is 14.5. The molecule has 1 heterocycles. The van der Waals surface area contributed by atoms with Crippen LogP contribution < -0.4 is 0 Å². The molecule has 15 heavy (non-hydrogen) atoms. The summed E-state index contributed by atoms with van der Waals surface area (Å²) in [7, 11) is 0. The van der Waals surface area contributed by atoms with Gasteiger partial charge < -0.3 is 4.42 Å². The Kier molecular flexibility index (Phi) is 3.92. The summed E-state index contributed by atoms with van der Waals surface area (Å²) in [5.74, 6) is 1.11. The molecule has 0 aliphatic rings. The van der Waals surface area contributed by atoms with Crippen molar-refractivity contribution >= 4 is 11.8 Å². The van der Waals surface area contributed by atoms with E-state index in [-0.39, 0.29) is 0 Å². The summed E-state index contributed by atoms with van der Waals surface area (Å²) in [6.45, 7) is 0. The third kappa shape index (κ3) is 3.48. The van der Waals surface area contributed by atoms with Crippen LogP contribution in [0.4, 0.5) is 0 Å². The number of hydrogen-bond acceptors (Lipinski definition) is 2. The molecule has 0 saturated carbocycles. The van der Waals surface area contributed by atoms with Crippen LogP contribution in [-0.4, -0.2) is 5.75 Å². The molecule has 0 aliphatic heterocycles. The van der Waals surface area contributed by atoms with Gasteiger partial charge in [-0.05, 0) is 30.5 Å². The fraction of sp³-hybridized carbons (Fsp3) is 0.231. The zero-order chi connectivity index (χ0) is 10.3. The number of benzene rings is 1. The smallest absolute Gasteiger partial charge is 0.160 e. The quantitative estimate of drug-likeness (QED) is 0.555. The first-order valence-corrected chi connectivity index (χ1v) is 6.14. The van der Waals surface area contributed by atoms with Gasteiger partial charge in [0.25, 0.3) is 0 Å². The minimum absolute atomic E-state index is 1.02. The van der Waals surface area contributed by atoms with Crippen molar-refractivity contribution in [3.05, 3.63) is 54.3 Å². The highest BCUT2D eigenvalue weighted by Crippen LogP contribution is 2.19. The Hall–Kier alpha value is -1.15. The Bertz CT molecular complexity index is 367. The topological polar surface area (TPSA) is 13.1 Å². The molecule has 0 fully saturated rings. The van der Waals surface area contributed by atoms with Crippen LogP contribution >= 0.6 is 11.8 Å². The molecular weight excluding hydrogens is 204 g/mol. The van der Waals surface area contributed by atoms with Crippen molar-refractivity contribution in [2.75, 3.05) is 5.75 Å². The van der Waals surface area contributed by atoms with Crippen LogP contribution in [0.25, 0.3) is 0 Å². The fourth-order valence-electron chi connectivity index (χ4n) is 1.44. The lowest BCUT2D eigenvalue weighted by atomic mass is 10.1. The summed E-state index contributed by atoms with van der Waals surface area (Å²) < 4.78 is 5.25. The standard InChI is InChI=1S/C13H14OS/c1-2-6-12(7-3-1)8-5-11-15-13-9-4-10-14-13/h1-4,6-7,9-10H,5,8,11H2. The Balaban J connectivity index is 1.68. The molecule has 0 atom stereocenters. The van der Waals surface area contributed by atoms with E-state index in [0.29, 0.717) is 0 Å². The molecule has 2 heteroatoms. The summed E-state index contributed by atoms with van der Waals surface area (Å²) in [5.41, 5.74) is 1.41. The van der Waals surface area contributed by atoms with Crippen molar-refractivity contribution in [3.8, 4) is 0 Å². The van der Waals surface area contributed by atoms with E-state index < -0.39 is 0 Å². The SMILES string of the molecule is c1ccc(CCCSc2ccco2)cc1. The van der Waals surface area contributed by atoms with E-state index in [9.17, 15) is 0 Å². The maximum atomic E-state index is 5.25. The second-order valence-corrected chi connectivity index (χ2v) is 4.47. The molecule has 0 N–H and O–H groups in total. The summed E-state index contributed by atoms with van der Waals surface area (Å²) in [4.78, 5) is 0. The third-order valence-corrected chi connectivity index (χ3v) is 3.20. The summed E-state index contributed by atoms with van der Waals surface area (Å²) in [6.07, 6.45) is 4.06. The molecule has 0 radical (unpaired) electrons. The number of rotatable bonds is 5. The predicted molar refractivity (Wildman–Crippen MR) is 64.2 cm³/mol. The van der Waals surface area contributed by atoms with Crippen LogP contribution in [0.5, 0.6) is 0 Å². The van der Waals surface area contributed by atoms with Crippen molar-refractivity contribution in [2.24, 2.45) is 0 Å². The molecule has 1 aromatic carbocycles. The first-order valence-electron chi connectivity index (χ1n) is 5.15. The van der Waals surface area contributed by atoms with Crippen LogP contribution in [0.2, 0.25) is 0 Å². The van der Waals surface area contributed by atoms with E-state index in [2.05, 4.69) is 30.3 Å². The molecule has 0 aliphatic carbocycles. The Labute approximate surface area is 94.5 Å². The van der Waals surface area contributed by atoms with Gasteiger partial charge in [0, 0.05) is 5.75 Å².